The van der Waals surface area contributed by atoms with E-state index in [9.17, 15) is 18.8 Å². The van der Waals surface area contributed by atoms with E-state index in [1.54, 1.807) is 17.0 Å². The lowest BCUT2D eigenvalue weighted by atomic mass is 9.90. The molecule has 3 aliphatic rings. The molecule has 3 aromatic rings. The molecule has 1 unspecified atom stereocenters. The maximum Gasteiger partial charge on any atom is 0.410 e. The van der Waals surface area contributed by atoms with Gasteiger partial charge in [0, 0.05) is 37.5 Å². The second-order valence-electron chi connectivity index (χ2n) is 11.7. The van der Waals surface area contributed by atoms with Gasteiger partial charge in [-0.15, -0.1) is 0 Å². The van der Waals surface area contributed by atoms with E-state index < -0.39 is 6.09 Å². The van der Waals surface area contributed by atoms with Crippen LogP contribution in [0.1, 0.15) is 53.5 Å². The average molecular weight is 600 g/mol. The molecule has 2 saturated heterocycles. The summed E-state index contributed by atoms with van der Waals surface area (Å²) in [5.74, 6) is -1.51. The molecule has 0 aliphatic carbocycles. The van der Waals surface area contributed by atoms with Crippen LogP contribution in [0.25, 0.3) is 6.08 Å². The number of nitrogens with zero attached hydrogens (tertiary/aromatic N) is 2. The Morgan fingerprint density at radius 1 is 0.886 bits per heavy atom. The van der Waals surface area contributed by atoms with Gasteiger partial charge < -0.3 is 14.5 Å². The van der Waals surface area contributed by atoms with Crippen LogP contribution < -0.4 is 10.2 Å². The molecule has 1 atom stereocenters. The van der Waals surface area contributed by atoms with Crippen molar-refractivity contribution in [2.24, 2.45) is 5.92 Å². The lowest BCUT2D eigenvalue weighted by Crippen LogP contribution is -2.41. The van der Waals surface area contributed by atoms with Crippen molar-refractivity contribution in [1.82, 2.24) is 10.2 Å². The molecule has 3 heterocycles. The van der Waals surface area contributed by atoms with E-state index in [2.05, 4.69) is 11.4 Å². The summed E-state index contributed by atoms with van der Waals surface area (Å²) in [6.07, 6.45) is 4.90. The topological polar surface area (TPSA) is 79.0 Å². The molecule has 0 aromatic heterocycles. The molecule has 9 heteroatoms. The molecule has 228 valence electrons. The lowest BCUT2D eigenvalue weighted by molar-refractivity contribution is -0.136. The average Bonchev–Trinajstić information content (AvgIpc) is 3.03. The lowest BCUT2D eigenvalue weighted by Gasteiger charge is -2.32. The number of rotatable bonds is 6. The van der Waals surface area contributed by atoms with Crippen LogP contribution in [0, 0.1) is 17.6 Å². The van der Waals surface area contributed by atoms with Crippen LogP contribution in [0.3, 0.4) is 0 Å². The zero-order valence-electron chi connectivity index (χ0n) is 24.5. The Labute approximate surface area is 255 Å². The predicted molar refractivity (Wildman–Crippen MR) is 163 cm³/mol. The van der Waals surface area contributed by atoms with E-state index in [4.69, 9.17) is 4.74 Å². The van der Waals surface area contributed by atoms with Crippen molar-refractivity contribution in [3.63, 3.8) is 0 Å². The van der Waals surface area contributed by atoms with Crippen LogP contribution >= 0.6 is 0 Å². The first-order chi connectivity index (χ1) is 21.3. The van der Waals surface area contributed by atoms with Crippen molar-refractivity contribution in [3.05, 3.63) is 106 Å². The summed E-state index contributed by atoms with van der Waals surface area (Å²) in [6.45, 7) is 2.09. The summed E-state index contributed by atoms with van der Waals surface area (Å²) in [6, 6.07) is 17.9. The fourth-order valence-electron chi connectivity index (χ4n) is 6.32. The van der Waals surface area contributed by atoms with Gasteiger partial charge in [-0.1, -0.05) is 54.1 Å². The number of anilines is 1. The predicted octanol–water partition coefficient (Wildman–Crippen LogP) is 5.94. The second kappa shape index (κ2) is 13.0. The normalized spacial score (nSPS) is 18.5. The Morgan fingerprint density at radius 3 is 2.43 bits per heavy atom. The first kappa shape index (κ1) is 29.5. The van der Waals surface area contributed by atoms with Gasteiger partial charge in [-0.2, -0.15) is 0 Å². The molecule has 2 fully saturated rings. The van der Waals surface area contributed by atoms with Crippen LogP contribution in [-0.4, -0.2) is 42.4 Å². The molecular weight excluding hydrogens is 564 g/mol. The van der Waals surface area contributed by atoms with Gasteiger partial charge in [0.25, 0.3) is 0 Å². The SMILES string of the molecule is O=C1CCC(Cc2ccc(N3CCC(=Cc4ccc(F)c5c4CCN(C(=O)OCc4ccccc4)C5)CC3)c(F)c2)C(=O)N1. The minimum Gasteiger partial charge on any atom is -0.445 e. The molecule has 0 saturated carbocycles. The summed E-state index contributed by atoms with van der Waals surface area (Å²) >= 11 is 0. The molecule has 1 N–H and O–H groups in total. The van der Waals surface area contributed by atoms with E-state index in [1.165, 1.54) is 17.7 Å². The van der Waals surface area contributed by atoms with Crippen molar-refractivity contribution >= 4 is 29.7 Å². The molecule has 3 amide bonds. The van der Waals surface area contributed by atoms with Gasteiger partial charge in [0.05, 0.1) is 12.2 Å². The molecule has 3 aliphatic heterocycles. The number of hydrogen-bond acceptors (Lipinski definition) is 5. The number of piperidine rings is 2. The summed E-state index contributed by atoms with van der Waals surface area (Å²) < 4.78 is 35.5. The smallest absolute Gasteiger partial charge is 0.410 e. The molecule has 0 radical (unpaired) electrons. The van der Waals surface area contributed by atoms with Crippen molar-refractivity contribution in [1.29, 1.82) is 0 Å². The minimum absolute atomic E-state index is 0.165. The van der Waals surface area contributed by atoms with Gasteiger partial charge in [0.2, 0.25) is 11.8 Å². The zero-order chi connectivity index (χ0) is 30.6. The Morgan fingerprint density at radius 2 is 1.68 bits per heavy atom. The van der Waals surface area contributed by atoms with Gasteiger partial charge >= 0.3 is 6.09 Å². The summed E-state index contributed by atoms with van der Waals surface area (Å²) in [5, 5.41) is 2.36. The Bertz CT molecular complexity index is 1600. The van der Waals surface area contributed by atoms with E-state index in [0.29, 0.717) is 56.6 Å². The number of hydrogen-bond donors (Lipinski definition) is 1. The van der Waals surface area contributed by atoms with Crippen molar-refractivity contribution in [3.8, 4) is 0 Å². The molecule has 44 heavy (non-hydrogen) atoms. The maximum absolute atomic E-state index is 15.2. The maximum atomic E-state index is 15.2. The highest BCUT2D eigenvalue weighted by Crippen LogP contribution is 2.31. The monoisotopic (exact) mass is 599 g/mol. The first-order valence-electron chi connectivity index (χ1n) is 15.2. The fraction of sp³-hybridized carbons (Fsp3) is 0.343. The zero-order valence-corrected chi connectivity index (χ0v) is 24.5. The molecule has 6 rings (SSSR count). The van der Waals surface area contributed by atoms with E-state index in [0.717, 1.165) is 35.1 Å². The van der Waals surface area contributed by atoms with Crippen LogP contribution in [0.2, 0.25) is 0 Å². The number of benzene rings is 3. The summed E-state index contributed by atoms with van der Waals surface area (Å²) in [5.41, 5.74) is 5.80. The number of ether oxygens (including phenoxy) is 1. The third kappa shape index (κ3) is 6.67. The number of fused-ring (bicyclic) bond motifs is 1. The number of amides is 3. The highest BCUT2D eigenvalue weighted by molar-refractivity contribution is 5.98. The number of carbonyl (C=O) groups excluding carboxylic acids is 3. The van der Waals surface area contributed by atoms with Gasteiger partial charge in [0.1, 0.15) is 18.2 Å². The van der Waals surface area contributed by atoms with Gasteiger partial charge in [-0.3, -0.25) is 14.9 Å². The highest BCUT2D eigenvalue weighted by Gasteiger charge is 2.28. The Kier molecular flexibility index (Phi) is 8.72. The second-order valence-corrected chi connectivity index (χ2v) is 11.7. The van der Waals surface area contributed by atoms with Gasteiger partial charge in [0.15, 0.2) is 0 Å². The fourth-order valence-corrected chi connectivity index (χ4v) is 6.32. The third-order valence-corrected chi connectivity index (χ3v) is 8.81. The van der Waals surface area contributed by atoms with E-state index >= 15 is 4.39 Å². The summed E-state index contributed by atoms with van der Waals surface area (Å²) in [4.78, 5) is 39.8. The van der Waals surface area contributed by atoms with Crippen molar-refractivity contribution in [2.45, 2.75) is 51.7 Å². The molecule has 3 aromatic carbocycles. The largest absolute Gasteiger partial charge is 0.445 e. The van der Waals surface area contributed by atoms with Crippen LogP contribution in [0.5, 0.6) is 0 Å². The van der Waals surface area contributed by atoms with Crippen LogP contribution in [-0.2, 0) is 40.3 Å². The molecule has 7 nitrogen and oxygen atoms in total. The standard InChI is InChI=1S/C35H35F2N3O4/c36-30-9-7-26(28-14-17-40(21-29(28)30)35(43)44-22-24-4-2-1-3-5-24)18-23-12-15-39(16-13-23)32-10-6-25(20-31(32)37)19-27-8-11-33(41)38-34(27)42/h1-7,9-10,18,20,27H,8,11-17,19,21-22H2,(H,38,41,42). The molecular formula is C35H35F2N3O4. The summed E-state index contributed by atoms with van der Waals surface area (Å²) in [7, 11) is 0. The van der Waals surface area contributed by atoms with Crippen molar-refractivity contribution in [2.75, 3.05) is 24.5 Å². The Balaban J connectivity index is 1.07. The quantitative estimate of drug-likeness (QED) is 0.355. The number of halogens is 2. The minimum atomic E-state index is -0.453. The Hall–Kier alpha value is -4.53. The van der Waals surface area contributed by atoms with E-state index in [-0.39, 0.29) is 42.5 Å². The number of nitrogens with one attached hydrogen (secondary N) is 1. The number of imide groups is 1. The molecule has 0 spiro atoms. The number of carbonyl (C=O) groups is 3. The van der Waals surface area contributed by atoms with E-state index in [1.807, 2.05) is 41.3 Å². The van der Waals surface area contributed by atoms with Crippen molar-refractivity contribution < 1.29 is 27.9 Å². The van der Waals surface area contributed by atoms with Crippen LogP contribution in [0.4, 0.5) is 19.3 Å². The van der Waals surface area contributed by atoms with Gasteiger partial charge in [-0.05, 0) is 72.6 Å². The van der Waals surface area contributed by atoms with Gasteiger partial charge in [-0.25, -0.2) is 13.6 Å². The first-order valence-corrected chi connectivity index (χ1v) is 15.2. The van der Waals surface area contributed by atoms with Crippen LogP contribution in [0.15, 0.2) is 66.2 Å². The molecule has 0 bridgehead atoms. The third-order valence-electron chi connectivity index (χ3n) is 8.81. The highest BCUT2D eigenvalue weighted by atomic mass is 19.1.